The number of nitrogen functional groups attached to an aromatic ring is 1. The Kier molecular flexibility index (Phi) is 4.33. The van der Waals surface area contributed by atoms with Crippen LogP contribution in [0.1, 0.15) is 25.0 Å². The second-order valence-corrected chi connectivity index (χ2v) is 4.96. The zero-order valence-corrected chi connectivity index (χ0v) is 12.1. The summed E-state index contributed by atoms with van der Waals surface area (Å²) in [5.41, 5.74) is 11.0. The summed E-state index contributed by atoms with van der Waals surface area (Å²) in [4.78, 5) is 0. The summed E-state index contributed by atoms with van der Waals surface area (Å²) in [5.74, 6) is 0. The van der Waals surface area contributed by atoms with Gasteiger partial charge in [0.25, 0.3) is 0 Å². The van der Waals surface area contributed by atoms with Gasteiger partial charge in [0.1, 0.15) is 0 Å². The van der Waals surface area contributed by atoms with Gasteiger partial charge in [0.2, 0.25) is 0 Å². The van der Waals surface area contributed by atoms with Gasteiger partial charge in [0, 0.05) is 22.1 Å². The van der Waals surface area contributed by atoms with Crippen LogP contribution in [0.25, 0.3) is 0 Å². The Hall–Kier alpha value is -1.67. The summed E-state index contributed by atoms with van der Waals surface area (Å²) >= 11 is 6.24. The number of anilines is 3. The second kappa shape index (κ2) is 5.98. The largest absolute Gasteiger partial charge is 0.399 e. The van der Waals surface area contributed by atoms with Crippen LogP contribution in [0.4, 0.5) is 17.1 Å². The van der Waals surface area contributed by atoms with Crippen LogP contribution in [-0.4, -0.2) is 0 Å². The molecule has 2 aromatic carbocycles. The molecule has 0 bridgehead atoms. The molecule has 3 N–H and O–H groups in total. The van der Waals surface area contributed by atoms with Crippen molar-refractivity contribution in [2.24, 2.45) is 0 Å². The number of benzene rings is 2. The minimum atomic E-state index is 0.760. The van der Waals surface area contributed by atoms with E-state index >= 15 is 0 Å². The highest BCUT2D eigenvalue weighted by Gasteiger charge is 2.04. The summed E-state index contributed by atoms with van der Waals surface area (Å²) in [5, 5.41) is 4.19. The van der Waals surface area contributed by atoms with Gasteiger partial charge >= 0.3 is 0 Å². The van der Waals surface area contributed by atoms with E-state index in [4.69, 9.17) is 17.3 Å². The molecule has 0 fully saturated rings. The third-order valence-electron chi connectivity index (χ3n) is 3.23. The van der Waals surface area contributed by atoms with Gasteiger partial charge in [-0.2, -0.15) is 0 Å². The topological polar surface area (TPSA) is 38.0 Å². The summed E-state index contributed by atoms with van der Waals surface area (Å²) in [6.07, 6.45) is 1.90. The van der Waals surface area contributed by atoms with Crippen molar-refractivity contribution in [3.05, 3.63) is 52.5 Å². The van der Waals surface area contributed by atoms with Crippen molar-refractivity contribution < 1.29 is 0 Å². The van der Waals surface area contributed by atoms with Gasteiger partial charge in [-0.3, -0.25) is 0 Å². The van der Waals surface area contributed by atoms with Gasteiger partial charge in [-0.15, -0.1) is 0 Å². The van der Waals surface area contributed by atoms with Crippen LogP contribution in [0.3, 0.4) is 0 Å². The fourth-order valence-corrected chi connectivity index (χ4v) is 2.40. The van der Waals surface area contributed by atoms with Gasteiger partial charge < -0.3 is 11.1 Å². The van der Waals surface area contributed by atoms with Crippen molar-refractivity contribution in [3.8, 4) is 0 Å². The van der Waals surface area contributed by atoms with E-state index in [1.54, 1.807) is 0 Å². The molecule has 19 heavy (non-hydrogen) atoms. The molecule has 0 saturated carbocycles. The van der Waals surface area contributed by atoms with Crippen molar-refractivity contribution in [1.29, 1.82) is 0 Å². The average Bonchev–Trinajstić information content (AvgIpc) is 2.39. The van der Waals surface area contributed by atoms with E-state index in [1.807, 2.05) is 24.3 Å². The van der Waals surface area contributed by atoms with E-state index in [2.05, 4.69) is 31.3 Å². The number of rotatable bonds is 4. The highest BCUT2D eigenvalue weighted by atomic mass is 35.5. The molecule has 3 heteroatoms. The Morgan fingerprint density at radius 2 is 1.68 bits per heavy atom. The monoisotopic (exact) mass is 274 g/mol. The van der Waals surface area contributed by atoms with E-state index in [0.29, 0.717) is 0 Å². The molecule has 0 aliphatic heterocycles. The van der Waals surface area contributed by atoms with Crippen LogP contribution in [0.2, 0.25) is 5.02 Å². The van der Waals surface area contributed by atoms with Crippen molar-refractivity contribution in [1.82, 2.24) is 0 Å². The van der Waals surface area contributed by atoms with Crippen LogP contribution in [-0.2, 0) is 12.8 Å². The van der Waals surface area contributed by atoms with E-state index < -0.39 is 0 Å². The molecule has 0 unspecified atom stereocenters. The van der Waals surface area contributed by atoms with Gasteiger partial charge in [0.05, 0.1) is 0 Å². The lowest BCUT2D eigenvalue weighted by Gasteiger charge is -2.13. The third-order valence-corrected chi connectivity index (χ3v) is 3.58. The first-order chi connectivity index (χ1) is 9.13. The smallest absolute Gasteiger partial charge is 0.0458 e. The minimum Gasteiger partial charge on any atom is -0.399 e. The molecule has 0 radical (unpaired) electrons. The summed E-state index contributed by atoms with van der Waals surface area (Å²) in [7, 11) is 0. The SMILES string of the molecule is CCc1ccc(Nc2cc(N)ccc2CC)cc1Cl. The first-order valence-electron chi connectivity index (χ1n) is 6.58. The molecule has 2 nitrogen and oxygen atoms in total. The number of halogens is 1. The third kappa shape index (κ3) is 3.21. The quantitative estimate of drug-likeness (QED) is 0.787. The number of hydrogen-bond donors (Lipinski definition) is 2. The average molecular weight is 275 g/mol. The molecule has 0 aromatic heterocycles. The van der Waals surface area contributed by atoms with E-state index in [-0.39, 0.29) is 0 Å². The van der Waals surface area contributed by atoms with Crippen molar-refractivity contribution in [3.63, 3.8) is 0 Å². The lowest BCUT2D eigenvalue weighted by atomic mass is 10.1. The molecule has 0 spiro atoms. The van der Waals surface area contributed by atoms with Gasteiger partial charge in [-0.05, 0) is 48.2 Å². The maximum atomic E-state index is 6.24. The molecule has 0 aliphatic carbocycles. The predicted molar refractivity (Wildman–Crippen MR) is 84.3 cm³/mol. The predicted octanol–water partition coefficient (Wildman–Crippen LogP) is 4.79. The van der Waals surface area contributed by atoms with Crippen LogP contribution in [0.5, 0.6) is 0 Å². The second-order valence-electron chi connectivity index (χ2n) is 4.55. The molecule has 0 aliphatic rings. The van der Waals surface area contributed by atoms with E-state index in [1.165, 1.54) is 5.56 Å². The van der Waals surface area contributed by atoms with Crippen molar-refractivity contribution in [2.45, 2.75) is 26.7 Å². The Morgan fingerprint density at radius 1 is 1.00 bits per heavy atom. The van der Waals surface area contributed by atoms with Gasteiger partial charge in [0.15, 0.2) is 0 Å². The fraction of sp³-hybridized carbons (Fsp3) is 0.250. The minimum absolute atomic E-state index is 0.760. The molecule has 0 saturated heterocycles. The Labute approximate surface area is 119 Å². The maximum Gasteiger partial charge on any atom is 0.0458 e. The number of aryl methyl sites for hydroxylation is 2. The first kappa shape index (κ1) is 13.8. The van der Waals surface area contributed by atoms with E-state index in [0.717, 1.165) is 40.5 Å². The summed E-state index contributed by atoms with van der Waals surface area (Å²) < 4.78 is 0. The van der Waals surface area contributed by atoms with Gasteiger partial charge in [-0.25, -0.2) is 0 Å². The summed E-state index contributed by atoms with van der Waals surface area (Å²) in [6, 6.07) is 12.0. The molecule has 0 atom stereocenters. The number of hydrogen-bond acceptors (Lipinski definition) is 2. The zero-order chi connectivity index (χ0) is 13.8. The Bertz CT molecular complexity index is 579. The van der Waals surface area contributed by atoms with Crippen LogP contribution in [0.15, 0.2) is 36.4 Å². The zero-order valence-electron chi connectivity index (χ0n) is 11.3. The summed E-state index contributed by atoms with van der Waals surface area (Å²) in [6.45, 7) is 4.23. The van der Waals surface area contributed by atoms with E-state index in [9.17, 15) is 0 Å². The molecule has 2 aromatic rings. The standard InChI is InChI=1S/C16H19ClN2/c1-3-11-6-8-14(10-15(11)17)19-16-9-13(18)7-5-12(16)4-2/h5-10,19H,3-4,18H2,1-2H3. The number of nitrogens with one attached hydrogen (secondary N) is 1. The molecular formula is C16H19ClN2. The van der Waals surface area contributed by atoms with Gasteiger partial charge in [-0.1, -0.05) is 37.6 Å². The molecule has 2 rings (SSSR count). The maximum absolute atomic E-state index is 6.24. The number of nitrogens with two attached hydrogens (primary N) is 1. The lowest BCUT2D eigenvalue weighted by molar-refractivity contribution is 1.13. The first-order valence-corrected chi connectivity index (χ1v) is 6.95. The van der Waals surface area contributed by atoms with Crippen molar-refractivity contribution >= 4 is 28.7 Å². The Morgan fingerprint density at radius 3 is 2.32 bits per heavy atom. The van der Waals surface area contributed by atoms with Crippen LogP contribution < -0.4 is 11.1 Å². The lowest BCUT2D eigenvalue weighted by Crippen LogP contribution is -1.97. The van der Waals surface area contributed by atoms with Crippen LogP contribution in [0, 0.1) is 0 Å². The van der Waals surface area contributed by atoms with Crippen LogP contribution >= 0.6 is 11.6 Å². The highest BCUT2D eigenvalue weighted by molar-refractivity contribution is 6.31. The molecule has 0 heterocycles. The highest BCUT2D eigenvalue weighted by Crippen LogP contribution is 2.27. The molecular weight excluding hydrogens is 256 g/mol. The normalized spacial score (nSPS) is 10.5. The Balaban J connectivity index is 2.30. The fourth-order valence-electron chi connectivity index (χ4n) is 2.09. The van der Waals surface area contributed by atoms with Crippen molar-refractivity contribution in [2.75, 3.05) is 11.1 Å². The molecule has 100 valence electrons. The molecule has 0 amide bonds.